The summed E-state index contributed by atoms with van der Waals surface area (Å²) in [6, 6.07) is 5.68. The Balaban J connectivity index is 1.86. The fraction of sp³-hybridized carbons (Fsp3) is 0.389. The first-order valence-electron chi connectivity index (χ1n) is 8.05. The highest BCUT2D eigenvalue weighted by atomic mass is 16.2. The zero-order chi connectivity index (χ0) is 17.5. The molecule has 6 heteroatoms. The van der Waals surface area contributed by atoms with Gasteiger partial charge in [-0.15, -0.1) is 0 Å². The maximum atomic E-state index is 12.8. The molecule has 1 aromatic carbocycles. The maximum Gasteiger partial charge on any atom is 0.250 e. The van der Waals surface area contributed by atoms with Gasteiger partial charge in [0.1, 0.15) is 5.54 Å². The molecule has 2 amide bonds. The third-order valence-corrected chi connectivity index (χ3v) is 4.96. The Morgan fingerprint density at radius 3 is 2.88 bits per heavy atom. The molecule has 0 bridgehead atoms. The molecule has 1 aromatic heterocycles. The van der Waals surface area contributed by atoms with Crippen molar-refractivity contribution >= 4 is 28.4 Å². The SMILES string of the molecule is C=CC(=O)N1CCCC1(C)C(=O)Nc1ccc2c(C)n(C)nc2c1. The van der Waals surface area contributed by atoms with Gasteiger partial charge in [0.15, 0.2) is 0 Å². The van der Waals surface area contributed by atoms with Gasteiger partial charge in [0, 0.05) is 30.4 Å². The minimum absolute atomic E-state index is 0.179. The predicted octanol–water partition coefficient (Wildman–Crippen LogP) is 2.39. The zero-order valence-corrected chi connectivity index (χ0v) is 14.3. The molecule has 3 rings (SSSR count). The predicted molar refractivity (Wildman–Crippen MR) is 93.6 cm³/mol. The maximum absolute atomic E-state index is 12.8. The summed E-state index contributed by atoms with van der Waals surface area (Å²) in [5.41, 5.74) is 1.75. The molecule has 1 aliphatic heterocycles. The minimum atomic E-state index is -0.847. The van der Waals surface area contributed by atoms with E-state index in [0.29, 0.717) is 18.7 Å². The molecule has 24 heavy (non-hydrogen) atoms. The Bertz CT molecular complexity index is 839. The summed E-state index contributed by atoms with van der Waals surface area (Å²) in [6.45, 7) is 7.91. The first-order chi connectivity index (χ1) is 11.4. The van der Waals surface area contributed by atoms with Crippen LogP contribution in [0, 0.1) is 6.92 Å². The van der Waals surface area contributed by atoms with Gasteiger partial charge in [0.25, 0.3) is 0 Å². The minimum Gasteiger partial charge on any atom is -0.325 e. The molecule has 126 valence electrons. The molecule has 0 aliphatic carbocycles. The number of fused-ring (bicyclic) bond motifs is 1. The van der Waals surface area contributed by atoms with Gasteiger partial charge in [-0.3, -0.25) is 14.3 Å². The van der Waals surface area contributed by atoms with Gasteiger partial charge < -0.3 is 10.2 Å². The number of aromatic nitrogens is 2. The molecular formula is C18H22N4O2. The third-order valence-electron chi connectivity index (χ3n) is 4.96. The van der Waals surface area contributed by atoms with E-state index in [1.807, 2.05) is 36.9 Å². The number of nitrogens with zero attached hydrogens (tertiary/aromatic N) is 3. The zero-order valence-electron chi connectivity index (χ0n) is 14.3. The summed E-state index contributed by atoms with van der Waals surface area (Å²) in [5.74, 6) is -0.386. The van der Waals surface area contributed by atoms with Crippen molar-refractivity contribution in [2.75, 3.05) is 11.9 Å². The van der Waals surface area contributed by atoms with Crippen LogP contribution in [0.15, 0.2) is 30.9 Å². The van der Waals surface area contributed by atoms with E-state index < -0.39 is 5.54 Å². The van der Waals surface area contributed by atoms with Crippen molar-refractivity contribution in [1.29, 1.82) is 0 Å². The van der Waals surface area contributed by atoms with E-state index in [2.05, 4.69) is 17.0 Å². The molecule has 1 fully saturated rings. The van der Waals surface area contributed by atoms with Gasteiger partial charge in [0.2, 0.25) is 11.8 Å². The van der Waals surface area contributed by atoms with Crippen molar-refractivity contribution in [2.45, 2.75) is 32.2 Å². The molecule has 2 aromatic rings. The molecule has 1 N–H and O–H groups in total. The summed E-state index contributed by atoms with van der Waals surface area (Å²) in [6.07, 6.45) is 2.71. The van der Waals surface area contributed by atoms with Gasteiger partial charge >= 0.3 is 0 Å². The van der Waals surface area contributed by atoms with Gasteiger partial charge in [-0.1, -0.05) is 6.58 Å². The van der Waals surface area contributed by atoms with E-state index >= 15 is 0 Å². The number of carbonyl (C=O) groups is 2. The summed E-state index contributed by atoms with van der Waals surface area (Å²) in [4.78, 5) is 26.4. The summed E-state index contributed by atoms with van der Waals surface area (Å²) in [5, 5.41) is 8.44. The number of benzene rings is 1. The molecule has 2 heterocycles. The van der Waals surface area contributed by atoms with E-state index in [1.165, 1.54) is 6.08 Å². The first kappa shape index (κ1) is 16.2. The van der Waals surface area contributed by atoms with Crippen molar-refractivity contribution < 1.29 is 9.59 Å². The lowest BCUT2D eigenvalue weighted by atomic mass is 9.97. The largest absolute Gasteiger partial charge is 0.325 e. The number of hydrogen-bond donors (Lipinski definition) is 1. The van der Waals surface area contributed by atoms with Gasteiger partial charge in [-0.25, -0.2) is 0 Å². The Morgan fingerprint density at radius 1 is 1.42 bits per heavy atom. The van der Waals surface area contributed by atoms with Crippen LogP contribution in [0.25, 0.3) is 10.9 Å². The number of nitrogens with one attached hydrogen (secondary N) is 1. The lowest BCUT2D eigenvalue weighted by Crippen LogP contribution is -2.52. The van der Waals surface area contributed by atoms with Crippen molar-refractivity contribution in [3.8, 4) is 0 Å². The van der Waals surface area contributed by atoms with Gasteiger partial charge in [-0.05, 0) is 51.0 Å². The van der Waals surface area contributed by atoms with Crippen LogP contribution >= 0.6 is 0 Å². The van der Waals surface area contributed by atoms with Crippen molar-refractivity contribution in [2.24, 2.45) is 7.05 Å². The second kappa shape index (κ2) is 5.78. The van der Waals surface area contributed by atoms with Crippen LogP contribution in [0.4, 0.5) is 5.69 Å². The Kier molecular flexibility index (Phi) is 3.91. The number of amides is 2. The molecule has 1 atom stereocenters. The number of hydrogen-bond acceptors (Lipinski definition) is 3. The second-order valence-corrected chi connectivity index (χ2v) is 6.47. The highest BCUT2D eigenvalue weighted by Crippen LogP contribution is 2.31. The average Bonchev–Trinajstić information content (AvgIpc) is 3.08. The van der Waals surface area contributed by atoms with E-state index in [1.54, 1.807) is 11.8 Å². The highest BCUT2D eigenvalue weighted by molar-refractivity contribution is 6.03. The molecule has 6 nitrogen and oxygen atoms in total. The molecular weight excluding hydrogens is 304 g/mol. The molecule has 0 spiro atoms. The Morgan fingerprint density at radius 2 is 2.17 bits per heavy atom. The molecule has 1 saturated heterocycles. The van der Waals surface area contributed by atoms with E-state index in [0.717, 1.165) is 23.0 Å². The van der Waals surface area contributed by atoms with Crippen LogP contribution in [0.3, 0.4) is 0 Å². The summed E-state index contributed by atoms with van der Waals surface area (Å²) >= 11 is 0. The van der Waals surface area contributed by atoms with Gasteiger partial charge in [-0.2, -0.15) is 5.10 Å². The lowest BCUT2D eigenvalue weighted by Gasteiger charge is -2.33. The number of likely N-dealkylation sites (tertiary alicyclic amines) is 1. The highest BCUT2D eigenvalue weighted by Gasteiger charge is 2.44. The summed E-state index contributed by atoms with van der Waals surface area (Å²) in [7, 11) is 1.89. The smallest absolute Gasteiger partial charge is 0.250 e. The number of carbonyl (C=O) groups excluding carboxylic acids is 2. The molecule has 0 radical (unpaired) electrons. The Hall–Kier alpha value is -2.63. The average molecular weight is 326 g/mol. The number of aryl methyl sites for hydroxylation is 2. The lowest BCUT2D eigenvalue weighted by molar-refractivity contribution is -0.138. The van der Waals surface area contributed by atoms with Crippen LogP contribution in [-0.2, 0) is 16.6 Å². The molecule has 1 unspecified atom stereocenters. The van der Waals surface area contributed by atoms with Crippen LogP contribution in [0.1, 0.15) is 25.5 Å². The van der Waals surface area contributed by atoms with Crippen LogP contribution < -0.4 is 5.32 Å². The fourth-order valence-corrected chi connectivity index (χ4v) is 3.34. The van der Waals surface area contributed by atoms with E-state index in [4.69, 9.17) is 0 Å². The number of rotatable bonds is 3. The standard InChI is InChI=1S/C18H22N4O2/c1-5-16(23)22-10-6-9-18(22,3)17(24)19-13-7-8-14-12(2)21(4)20-15(14)11-13/h5,7-8,11H,1,6,9-10H2,2-4H3,(H,19,24). The van der Waals surface area contributed by atoms with Crippen molar-refractivity contribution in [3.63, 3.8) is 0 Å². The topological polar surface area (TPSA) is 67.2 Å². The van der Waals surface area contributed by atoms with Crippen LogP contribution in [0.5, 0.6) is 0 Å². The monoisotopic (exact) mass is 326 g/mol. The normalized spacial score (nSPS) is 20.4. The van der Waals surface area contributed by atoms with E-state index in [-0.39, 0.29) is 11.8 Å². The number of anilines is 1. The van der Waals surface area contributed by atoms with Gasteiger partial charge in [0.05, 0.1) is 5.52 Å². The quantitative estimate of drug-likeness (QED) is 0.881. The van der Waals surface area contributed by atoms with Crippen LogP contribution in [-0.4, -0.2) is 38.6 Å². The second-order valence-electron chi connectivity index (χ2n) is 6.47. The Labute approximate surface area is 141 Å². The fourth-order valence-electron chi connectivity index (χ4n) is 3.34. The summed E-state index contributed by atoms with van der Waals surface area (Å²) < 4.78 is 1.82. The van der Waals surface area contributed by atoms with Crippen molar-refractivity contribution in [3.05, 3.63) is 36.5 Å². The van der Waals surface area contributed by atoms with E-state index in [9.17, 15) is 9.59 Å². The first-order valence-corrected chi connectivity index (χ1v) is 8.05. The third kappa shape index (κ3) is 2.48. The molecule has 0 saturated carbocycles. The van der Waals surface area contributed by atoms with Crippen molar-refractivity contribution in [1.82, 2.24) is 14.7 Å². The molecule has 1 aliphatic rings. The van der Waals surface area contributed by atoms with Crippen LogP contribution in [0.2, 0.25) is 0 Å².